The molecule has 8 heteroatoms. The smallest absolute Gasteiger partial charge is 0.296 e. The second kappa shape index (κ2) is 7.17. The van der Waals surface area contributed by atoms with Gasteiger partial charge in [-0.1, -0.05) is 41.7 Å². The molecule has 0 radical (unpaired) electrons. The Morgan fingerprint density at radius 2 is 1.87 bits per heavy atom. The molecule has 0 saturated heterocycles. The van der Waals surface area contributed by atoms with Crippen LogP contribution in [-0.4, -0.2) is 21.8 Å². The number of furan rings is 1. The standard InChI is InChI=1S/C23H15FN2O4S/c1-12-10-11-16(30-12)20(27)18-19(13-6-2-3-7-14(13)24)26(22(29)21(18)28)23-25-15-8-4-5-9-17(15)31-23/h2-11,19,28H,1H3. The lowest BCUT2D eigenvalue weighted by molar-refractivity contribution is -0.117. The molecule has 6 nitrogen and oxygen atoms in total. The van der Waals surface area contributed by atoms with Gasteiger partial charge >= 0.3 is 0 Å². The number of aliphatic hydroxyl groups excluding tert-OH is 1. The summed E-state index contributed by atoms with van der Waals surface area (Å²) in [6.45, 7) is 1.67. The molecular weight excluding hydrogens is 419 g/mol. The first-order chi connectivity index (χ1) is 15.0. The number of aromatic nitrogens is 1. The van der Waals surface area contributed by atoms with Crippen LogP contribution in [0.3, 0.4) is 0 Å². The van der Waals surface area contributed by atoms with Crippen LogP contribution in [-0.2, 0) is 4.79 Å². The van der Waals surface area contributed by atoms with Gasteiger partial charge in [-0.15, -0.1) is 0 Å². The fourth-order valence-corrected chi connectivity index (χ4v) is 4.67. The van der Waals surface area contributed by atoms with Crippen LogP contribution in [0, 0.1) is 12.7 Å². The van der Waals surface area contributed by atoms with Crippen molar-refractivity contribution < 1.29 is 23.5 Å². The highest BCUT2D eigenvalue weighted by atomic mass is 32.1. The Morgan fingerprint density at radius 1 is 1.13 bits per heavy atom. The molecule has 0 bridgehead atoms. The van der Waals surface area contributed by atoms with Crippen molar-refractivity contribution >= 4 is 38.4 Å². The molecule has 0 fully saturated rings. The molecule has 1 aliphatic heterocycles. The molecule has 0 aliphatic carbocycles. The molecule has 1 unspecified atom stereocenters. The first-order valence-corrected chi connectivity index (χ1v) is 10.2. The molecular formula is C23H15FN2O4S. The summed E-state index contributed by atoms with van der Waals surface area (Å²) in [6, 6.07) is 15.0. The average molecular weight is 434 g/mol. The molecule has 31 heavy (non-hydrogen) atoms. The van der Waals surface area contributed by atoms with Crippen LogP contribution in [0.15, 0.2) is 76.4 Å². The Hall–Kier alpha value is -3.78. The number of halogens is 1. The number of amides is 1. The number of aryl methyl sites for hydroxylation is 1. The van der Waals surface area contributed by atoms with Crippen molar-refractivity contribution in [3.63, 3.8) is 0 Å². The summed E-state index contributed by atoms with van der Waals surface area (Å²) >= 11 is 1.22. The summed E-state index contributed by atoms with van der Waals surface area (Å²) in [5, 5.41) is 11.0. The lowest BCUT2D eigenvalue weighted by atomic mass is 9.95. The van der Waals surface area contributed by atoms with Crippen LogP contribution in [0.5, 0.6) is 0 Å². The maximum atomic E-state index is 14.8. The van der Waals surface area contributed by atoms with Crippen molar-refractivity contribution in [1.82, 2.24) is 4.98 Å². The highest BCUT2D eigenvalue weighted by Crippen LogP contribution is 2.44. The molecule has 5 rings (SSSR count). The minimum atomic E-state index is -1.19. The second-order valence-corrected chi connectivity index (χ2v) is 8.07. The number of anilines is 1. The number of rotatable bonds is 4. The van der Waals surface area contributed by atoms with E-state index in [2.05, 4.69) is 4.98 Å². The third-order valence-electron chi connectivity index (χ3n) is 5.11. The van der Waals surface area contributed by atoms with Crippen molar-refractivity contribution in [3.8, 4) is 0 Å². The quantitative estimate of drug-likeness (QED) is 0.451. The van der Waals surface area contributed by atoms with Gasteiger partial charge in [0, 0.05) is 5.56 Å². The van der Waals surface area contributed by atoms with E-state index in [1.807, 2.05) is 18.2 Å². The van der Waals surface area contributed by atoms with Crippen LogP contribution in [0.1, 0.15) is 27.9 Å². The largest absolute Gasteiger partial charge is 0.503 e. The number of ketones is 1. The van der Waals surface area contributed by atoms with Gasteiger partial charge in [-0.3, -0.25) is 14.5 Å². The van der Waals surface area contributed by atoms with E-state index in [1.54, 1.807) is 25.1 Å². The number of Topliss-reactive ketones (excluding diaryl/α,β-unsaturated/α-hetero) is 1. The maximum Gasteiger partial charge on any atom is 0.296 e. The Labute approximate surface area is 179 Å². The Morgan fingerprint density at radius 3 is 2.58 bits per heavy atom. The Balaban J connectivity index is 1.71. The number of hydrogen-bond acceptors (Lipinski definition) is 6. The van der Waals surface area contributed by atoms with Gasteiger partial charge in [0.25, 0.3) is 5.91 Å². The molecule has 1 N–H and O–H groups in total. The number of carbonyl (C=O) groups is 2. The monoisotopic (exact) mass is 434 g/mol. The number of para-hydroxylation sites is 1. The van der Waals surface area contributed by atoms with E-state index in [-0.39, 0.29) is 22.0 Å². The second-order valence-electron chi connectivity index (χ2n) is 7.07. The average Bonchev–Trinajstić information content (AvgIpc) is 3.44. The lowest BCUT2D eigenvalue weighted by Gasteiger charge is -2.24. The van der Waals surface area contributed by atoms with Crippen molar-refractivity contribution in [1.29, 1.82) is 0 Å². The normalized spacial score (nSPS) is 16.5. The predicted octanol–water partition coefficient (Wildman–Crippen LogP) is 5.12. The predicted molar refractivity (Wildman–Crippen MR) is 114 cm³/mol. The van der Waals surface area contributed by atoms with Crippen molar-refractivity contribution in [2.45, 2.75) is 13.0 Å². The van der Waals surface area contributed by atoms with Gasteiger partial charge < -0.3 is 9.52 Å². The fraction of sp³-hybridized carbons (Fsp3) is 0.0870. The zero-order chi connectivity index (χ0) is 21.7. The van der Waals surface area contributed by atoms with Gasteiger partial charge in [0.1, 0.15) is 17.6 Å². The third kappa shape index (κ3) is 3.03. The van der Waals surface area contributed by atoms with Crippen LogP contribution >= 0.6 is 11.3 Å². The number of carbonyl (C=O) groups excluding carboxylic acids is 2. The van der Waals surface area contributed by atoms with E-state index in [9.17, 15) is 19.1 Å². The van der Waals surface area contributed by atoms with Crippen LogP contribution < -0.4 is 4.90 Å². The van der Waals surface area contributed by atoms with Crippen molar-refractivity contribution in [3.05, 3.63) is 94.9 Å². The molecule has 4 aromatic rings. The van der Waals surface area contributed by atoms with Crippen LogP contribution in [0.2, 0.25) is 0 Å². The SMILES string of the molecule is Cc1ccc(C(=O)C2=C(O)C(=O)N(c3nc4ccccc4s3)C2c2ccccc2F)o1. The number of hydrogen-bond donors (Lipinski definition) is 1. The fourth-order valence-electron chi connectivity index (χ4n) is 3.68. The lowest BCUT2D eigenvalue weighted by Crippen LogP contribution is -2.31. The Kier molecular flexibility index (Phi) is 4.44. The summed E-state index contributed by atoms with van der Waals surface area (Å²) < 4.78 is 21.1. The Bertz CT molecular complexity index is 1350. The van der Waals surface area contributed by atoms with Gasteiger partial charge in [0.2, 0.25) is 5.78 Å². The number of aliphatic hydroxyl groups is 1. The van der Waals surface area contributed by atoms with E-state index in [1.165, 1.54) is 40.5 Å². The maximum absolute atomic E-state index is 14.8. The van der Waals surface area contributed by atoms with Gasteiger partial charge in [0.15, 0.2) is 16.7 Å². The van der Waals surface area contributed by atoms with Crippen molar-refractivity contribution in [2.75, 3.05) is 4.90 Å². The van der Waals surface area contributed by atoms with E-state index >= 15 is 0 Å². The van der Waals surface area contributed by atoms with Crippen molar-refractivity contribution in [2.24, 2.45) is 0 Å². The summed E-state index contributed by atoms with van der Waals surface area (Å²) in [4.78, 5) is 32.0. The zero-order valence-electron chi connectivity index (χ0n) is 16.2. The topological polar surface area (TPSA) is 83.6 Å². The number of benzene rings is 2. The molecule has 1 aliphatic rings. The molecule has 1 amide bonds. The minimum Gasteiger partial charge on any atom is -0.503 e. The first-order valence-electron chi connectivity index (χ1n) is 9.43. The molecule has 154 valence electrons. The first kappa shape index (κ1) is 19.2. The van der Waals surface area contributed by atoms with Gasteiger partial charge in [-0.25, -0.2) is 9.37 Å². The van der Waals surface area contributed by atoms with Gasteiger partial charge in [-0.2, -0.15) is 0 Å². The minimum absolute atomic E-state index is 0.0423. The van der Waals surface area contributed by atoms with E-state index in [0.717, 1.165) is 4.70 Å². The summed E-state index contributed by atoms with van der Waals surface area (Å²) in [7, 11) is 0. The highest BCUT2D eigenvalue weighted by Gasteiger charge is 2.47. The zero-order valence-corrected chi connectivity index (χ0v) is 17.0. The van der Waals surface area contributed by atoms with E-state index in [4.69, 9.17) is 4.42 Å². The summed E-state index contributed by atoms with van der Waals surface area (Å²) in [5.74, 6) is -2.40. The molecule has 3 heterocycles. The number of nitrogens with zero attached hydrogens (tertiary/aromatic N) is 2. The van der Waals surface area contributed by atoms with Crippen LogP contribution in [0.4, 0.5) is 9.52 Å². The van der Waals surface area contributed by atoms with E-state index < -0.39 is 29.3 Å². The molecule has 1 atom stereocenters. The molecule has 0 spiro atoms. The molecule has 2 aromatic heterocycles. The van der Waals surface area contributed by atoms with Crippen LogP contribution in [0.25, 0.3) is 10.2 Å². The molecule has 2 aromatic carbocycles. The highest BCUT2D eigenvalue weighted by molar-refractivity contribution is 7.22. The number of fused-ring (bicyclic) bond motifs is 1. The van der Waals surface area contributed by atoms with Gasteiger partial charge in [0.05, 0.1) is 15.8 Å². The number of thiazole rings is 1. The third-order valence-corrected chi connectivity index (χ3v) is 6.14. The molecule has 0 saturated carbocycles. The summed E-state index contributed by atoms with van der Waals surface area (Å²) in [6.07, 6.45) is 0. The summed E-state index contributed by atoms with van der Waals surface area (Å²) in [5.41, 5.74) is 0.484. The van der Waals surface area contributed by atoms with Gasteiger partial charge in [-0.05, 0) is 37.3 Å². The van der Waals surface area contributed by atoms with E-state index in [0.29, 0.717) is 11.3 Å².